The molecule has 18 heavy (non-hydrogen) atoms. The molecule has 0 atom stereocenters. The number of alkyl halides is 3. The van der Waals surface area contributed by atoms with Crippen LogP contribution in [0.25, 0.3) is 0 Å². The zero-order valence-corrected chi connectivity index (χ0v) is 11.5. The lowest BCUT2D eigenvalue weighted by Gasteiger charge is -2.08. The number of nitrogens with one attached hydrogen (secondary N) is 1. The van der Waals surface area contributed by atoms with E-state index >= 15 is 0 Å². The van der Waals surface area contributed by atoms with Crippen LogP contribution in [0.5, 0.6) is 0 Å². The van der Waals surface area contributed by atoms with E-state index in [0.29, 0.717) is 6.42 Å². The predicted molar refractivity (Wildman–Crippen MR) is 60.9 cm³/mol. The van der Waals surface area contributed by atoms with Crippen molar-refractivity contribution in [1.82, 2.24) is 4.13 Å². The number of rotatable bonds is 8. The Kier molecular flexibility index (Phi) is 6.58. The van der Waals surface area contributed by atoms with Gasteiger partial charge in [-0.2, -0.15) is 13.2 Å². The average molecular weight is 311 g/mol. The monoisotopic (exact) mass is 311 g/mol. The second-order valence-electron chi connectivity index (χ2n) is 3.79. The van der Waals surface area contributed by atoms with Gasteiger partial charge >= 0.3 is 6.18 Å². The van der Waals surface area contributed by atoms with Gasteiger partial charge < -0.3 is 0 Å². The van der Waals surface area contributed by atoms with Gasteiger partial charge in [0.1, 0.15) is 0 Å². The smallest absolute Gasteiger partial charge is 0.211 e. The molecule has 0 saturated heterocycles. The summed E-state index contributed by atoms with van der Waals surface area (Å²) >= 11 is 0. The summed E-state index contributed by atoms with van der Waals surface area (Å²) in [4.78, 5) is 0. The van der Waals surface area contributed by atoms with E-state index < -0.39 is 44.8 Å². The lowest BCUT2D eigenvalue weighted by atomic mass is 10.3. The number of unbranched alkanes of at least 4 members (excludes halogenated alkanes) is 1. The number of sulfonamides is 2. The van der Waals surface area contributed by atoms with Gasteiger partial charge in [-0.15, -0.1) is 4.13 Å². The fourth-order valence-electron chi connectivity index (χ4n) is 1.07. The molecule has 0 bridgehead atoms. The van der Waals surface area contributed by atoms with Gasteiger partial charge in [0.2, 0.25) is 20.0 Å². The summed E-state index contributed by atoms with van der Waals surface area (Å²) in [5.74, 6) is -1.22. The van der Waals surface area contributed by atoms with Crippen molar-refractivity contribution in [2.45, 2.75) is 38.8 Å². The van der Waals surface area contributed by atoms with Crippen LogP contribution in [0.4, 0.5) is 13.2 Å². The summed E-state index contributed by atoms with van der Waals surface area (Å²) in [6.07, 6.45) is -5.52. The lowest BCUT2D eigenvalue weighted by Crippen LogP contribution is -2.34. The Bertz CT molecular complexity index is 441. The van der Waals surface area contributed by atoms with Crippen LogP contribution in [-0.2, 0) is 20.0 Å². The Labute approximate surface area is 105 Å². The predicted octanol–water partition coefficient (Wildman–Crippen LogP) is 1.38. The van der Waals surface area contributed by atoms with Crippen molar-refractivity contribution >= 4 is 20.0 Å². The zero-order valence-electron chi connectivity index (χ0n) is 9.83. The van der Waals surface area contributed by atoms with E-state index in [9.17, 15) is 30.0 Å². The van der Waals surface area contributed by atoms with Gasteiger partial charge in [0.15, 0.2) is 0 Å². The van der Waals surface area contributed by atoms with Crippen LogP contribution in [0.1, 0.15) is 32.6 Å². The molecule has 5 nitrogen and oxygen atoms in total. The zero-order chi connectivity index (χ0) is 14.4. The minimum atomic E-state index is -4.45. The largest absolute Gasteiger partial charge is 0.389 e. The van der Waals surface area contributed by atoms with E-state index in [1.807, 2.05) is 0 Å². The van der Waals surface area contributed by atoms with Crippen LogP contribution in [0.3, 0.4) is 0 Å². The molecule has 0 aromatic rings. The highest BCUT2D eigenvalue weighted by molar-refractivity contribution is 8.04. The van der Waals surface area contributed by atoms with Crippen LogP contribution in [0.2, 0.25) is 0 Å². The molecular formula is C8H16F3NO4S2. The highest BCUT2D eigenvalue weighted by Gasteiger charge is 2.28. The molecule has 10 heteroatoms. The third-order valence-electron chi connectivity index (χ3n) is 1.89. The first-order valence-electron chi connectivity index (χ1n) is 5.28. The molecule has 0 spiro atoms. The molecular weight excluding hydrogens is 295 g/mol. The summed E-state index contributed by atoms with van der Waals surface area (Å²) in [7, 11) is -8.22. The summed E-state index contributed by atoms with van der Waals surface area (Å²) in [5, 5.41) is 0. The van der Waals surface area contributed by atoms with Gasteiger partial charge in [-0.25, -0.2) is 16.8 Å². The van der Waals surface area contributed by atoms with Gasteiger partial charge in [-0.3, -0.25) is 0 Å². The Morgan fingerprint density at radius 1 is 0.944 bits per heavy atom. The molecule has 0 aromatic carbocycles. The summed E-state index contributed by atoms with van der Waals surface area (Å²) in [6.45, 7) is 1.73. The van der Waals surface area contributed by atoms with E-state index in [4.69, 9.17) is 0 Å². The van der Waals surface area contributed by atoms with E-state index in [2.05, 4.69) is 0 Å². The second-order valence-corrected chi connectivity index (χ2v) is 7.74. The minimum absolute atomic E-state index is 0.285. The van der Waals surface area contributed by atoms with E-state index in [1.54, 1.807) is 6.92 Å². The topological polar surface area (TPSA) is 80.3 Å². The number of hydrogen-bond donors (Lipinski definition) is 1. The summed E-state index contributed by atoms with van der Waals surface area (Å²) in [6, 6.07) is 0. The van der Waals surface area contributed by atoms with Crippen molar-refractivity contribution in [2.75, 3.05) is 11.5 Å². The van der Waals surface area contributed by atoms with Crippen molar-refractivity contribution in [2.24, 2.45) is 0 Å². The first kappa shape index (κ1) is 17.6. The lowest BCUT2D eigenvalue weighted by molar-refractivity contribution is -0.134. The van der Waals surface area contributed by atoms with E-state index in [1.165, 1.54) is 4.13 Å². The van der Waals surface area contributed by atoms with Gasteiger partial charge in [-0.1, -0.05) is 13.3 Å². The van der Waals surface area contributed by atoms with Gasteiger partial charge in [0.25, 0.3) is 0 Å². The van der Waals surface area contributed by atoms with Crippen LogP contribution >= 0.6 is 0 Å². The molecule has 0 unspecified atom stereocenters. The maximum Gasteiger partial charge on any atom is 0.389 e. The first-order chi connectivity index (χ1) is 7.97. The third-order valence-corrected chi connectivity index (χ3v) is 5.58. The standard InChI is InChI=1S/C8H16F3NO4S2/c1-2-3-6-17(13,14)12-18(15,16)7-4-5-8(9,10)11/h12H,2-7H2,1H3. The molecule has 0 saturated carbocycles. The Hall–Kier alpha value is -0.350. The highest BCUT2D eigenvalue weighted by atomic mass is 32.3. The average Bonchev–Trinajstić information content (AvgIpc) is 2.10. The van der Waals surface area contributed by atoms with E-state index in [-0.39, 0.29) is 12.2 Å². The highest BCUT2D eigenvalue weighted by Crippen LogP contribution is 2.21. The first-order valence-corrected chi connectivity index (χ1v) is 8.58. The third kappa shape index (κ3) is 9.66. The molecule has 0 radical (unpaired) electrons. The van der Waals surface area contributed by atoms with Gasteiger partial charge in [0.05, 0.1) is 11.5 Å². The van der Waals surface area contributed by atoms with Crippen LogP contribution in [-0.4, -0.2) is 34.5 Å². The molecule has 0 aliphatic rings. The van der Waals surface area contributed by atoms with Crippen LogP contribution in [0.15, 0.2) is 0 Å². The minimum Gasteiger partial charge on any atom is -0.211 e. The van der Waals surface area contributed by atoms with E-state index in [0.717, 1.165) is 0 Å². The Morgan fingerprint density at radius 2 is 1.39 bits per heavy atom. The van der Waals surface area contributed by atoms with Crippen molar-refractivity contribution in [3.8, 4) is 0 Å². The van der Waals surface area contributed by atoms with Gasteiger partial charge in [-0.05, 0) is 12.8 Å². The molecule has 0 fully saturated rings. The fraction of sp³-hybridized carbons (Fsp3) is 1.00. The van der Waals surface area contributed by atoms with Crippen molar-refractivity contribution < 1.29 is 30.0 Å². The summed E-state index contributed by atoms with van der Waals surface area (Å²) < 4.78 is 81.8. The quantitative estimate of drug-likeness (QED) is 0.734. The number of halogens is 3. The van der Waals surface area contributed by atoms with Gasteiger partial charge in [0, 0.05) is 6.42 Å². The molecule has 0 aliphatic heterocycles. The SMILES string of the molecule is CCCCS(=O)(=O)NS(=O)(=O)CCCC(F)(F)F. The molecule has 0 aromatic heterocycles. The molecule has 110 valence electrons. The van der Waals surface area contributed by atoms with Crippen LogP contribution < -0.4 is 4.13 Å². The maximum absolute atomic E-state index is 11.8. The second kappa shape index (κ2) is 6.71. The molecule has 0 amide bonds. The normalized spacial score (nSPS) is 13.8. The van der Waals surface area contributed by atoms with Crippen molar-refractivity contribution in [1.29, 1.82) is 0 Å². The fourth-order valence-corrected chi connectivity index (χ4v) is 4.48. The molecule has 1 N–H and O–H groups in total. The van der Waals surface area contributed by atoms with Crippen molar-refractivity contribution in [3.05, 3.63) is 0 Å². The molecule has 0 heterocycles. The van der Waals surface area contributed by atoms with Crippen LogP contribution in [0, 0.1) is 0 Å². The molecule has 0 aliphatic carbocycles. The Balaban J connectivity index is 4.32. The number of hydrogen-bond acceptors (Lipinski definition) is 4. The maximum atomic E-state index is 11.8. The summed E-state index contributed by atoms with van der Waals surface area (Å²) in [5.41, 5.74) is 0. The molecule has 0 rings (SSSR count). The Morgan fingerprint density at radius 3 is 1.78 bits per heavy atom. The van der Waals surface area contributed by atoms with Crippen molar-refractivity contribution in [3.63, 3.8) is 0 Å².